The predicted molar refractivity (Wildman–Crippen MR) is 52.9 cm³/mol. The van der Waals surface area contributed by atoms with E-state index in [4.69, 9.17) is 11.6 Å². The van der Waals surface area contributed by atoms with Crippen LogP contribution < -0.4 is 4.90 Å². The third-order valence-corrected chi connectivity index (χ3v) is 2.14. The van der Waals surface area contributed by atoms with E-state index in [9.17, 15) is 0 Å². The van der Waals surface area contributed by atoms with Gasteiger partial charge in [-0.25, -0.2) is 0 Å². The van der Waals surface area contributed by atoms with E-state index in [1.807, 2.05) is 27.1 Å². The van der Waals surface area contributed by atoms with Crippen LogP contribution in [0.2, 0.25) is 0 Å². The van der Waals surface area contributed by atoms with Gasteiger partial charge in [-0.15, -0.1) is 11.6 Å². The summed E-state index contributed by atoms with van der Waals surface area (Å²) >= 11 is 5.73. The Labute approximate surface area is 78.2 Å². The molecule has 1 heterocycles. The van der Waals surface area contributed by atoms with E-state index >= 15 is 0 Å². The molecule has 0 aliphatic carbocycles. The summed E-state index contributed by atoms with van der Waals surface area (Å²) < 4.78 is 0. The molecule has 66 valence electrons. The van der Waals surface area contributed by atoms with Crippen molar-refractivity contribution in [3.05, 3.63) is 23.5 Å². The number of alkyl halides is 1. The summed E-state index contributed by atoms with van der Waals surface area (Å²) in [6.07, 6.45) is 1.79. The zero-order valence-corrected chi connectivity index (χ0v) is 8.39. The van der Waals surface area contributed by atoms with Gasteiger partial charge in [0.05, 0.1) is 11.6 Å². The molecule has 12 heavy (non-hydrogen) atoms. The van der Waals surface area contributed by atoms with Crippen LogP contribution in [-0.4, -0.2) is 19.1 Å². The number of nitrogens with zero attached hydrogens (tertiary/aromatic N) is 2. The van der Waals surface area contributed by atoms with Crippen molar-refractivity contribution in [2.45, 2.75) is 12.8 Å². The highest BCUT2D eigenvalue weighted by Gasteiger charge is 2.04. The molecule has 0 unspecified atom stereocenters. The van der Waals surface area contributed by atoms with Crippen molar-refractivity contribution in [2.75, 3.05) is 19.0 Å². The fourth-order valence-corrected chi connectivity index (χ4v) is 1.46. The molecule has 0 bridgehead atoms. The molecule has 0 saturated heterocycles. The highest BCUT2D eigenvalue weighted by Crippen LogP contribution is 2.19. The lowest BCUT2D eigenvalue weighted by atomic mass is 10.2. The number of halogens is 1. The maximum atomic E-state index is 5.73. The van der Waals surface area contributed by atoms with E-state index in [1.54, 1.807) is 6.20 Å². The van der Waals surface area contributed by atoms with Crippen molar-refractivity contribution < 1.29 is 0 Å². The molecule has 0 amide bonds. The number of aromatic nitrogens is 1. The third-order valence-electron chi connectivity index (χ3n) is 1.89. The minimum atomic E-state index is 0.480. The molecule has 0 fully saturated rings. The first-order chi connectivity index (χ1) is 5.66. The number of rotatable bonds is 2. The lowest BCUT2D eigenvalue weighted by Crippen LogP contribution is -2.11. The van der Waals surface area contributed by atoms with E-state index in [0.29, 0.717) is 5.88 Å². The van der Waals surface area contributed by atoms with Gasteiger partial charge >= 0.3 is 0 Å². The molecular weight excluding hydrogens is 172 g/mol. The standard InChI is InChI=1S/C9H13ClN2/c1-7-8(6-10)11-5-4-9(7)12(2)3/h4-5H,6H2,1-3H3. The van der Waals surface area contributed by atoms with Gasteiger partial charge < -0.3 is 4.90 Å². The average Bonchev–Trinajstić information content (AvgIpc) is 2.04. The van der Waals surface area contributed by atoms with Crippen LogP contribution in [0.15, 0.2) is 12.3 Å². The van der Waals surface area contributed by atoms with Gasteiger partial charge in [-0.05, 0) is 18.6 Å². The number of anilines is 1. The maximum absolute atomic E-state index is 5.73. The molecule has 1 aromatic rings. The van der Waals surface area contributed by atoms with Gasteiger partial charge in [0.2, 0.25) is 0 Å². The topological polar surface area (TPSA) is 16.1 Å². The van der Waals surface area contributed by atoms with Crippen LogP contribution in [0.3, 0.4) is 0 Å². The molecule has 0 atom stereocenters. The SMILES string of the molecule is Cc1c(N(C)C)ccnc1CCl. The molecule has 0 spiro atoms. The Morgan fingerprint density at radius 1 is 1.50 bits per heavy atom. The molecule has 3 heteroatoms. The van der Waals surface area contributed by atoms with Crippen molar-refractivity contribution in [3.63, 3.8) is 0 Å². The third kappa shape index (κ3) is 1.69. The van der Waals surface area contributed by atoms with E-state index in [1.165, 1.54) is 5.69 Å². The highest BCUT2D eigenvalue weighted by molar-refractivity contribution is 6.17. The zero-order chi connectivity index (χ0) is 9.14. The van der Waals surface area contributed by atoms with Gasteiger partial charge in [-0.1, -0.05) is 0 Å². The number of hydrogen-bond acceptors (Lipinski definition) is 2. The Bertz CT molecular complexity index is 271. The van der Waals surface area contributed by atoms with Crippen LogP contribution in [-0.2, 0) is 5.88 Å². The summed E-state index contributed by atoms with van der Waals surface area (Å²) in [6, 6.07) is 1.99. The Kier molecular flexibility index (Phi) is 2.93. The molecule has 0 saturated carbocycles. The largest absolute Gasteiger partial charge is 0.377 e. The number of pyridine rings is 1. The Hall–Kier alpha value is -0.760. The van der Waals surface area contributed by atoms with E-state index in [2.05, 4.69) is 9.88 Å². The van der Waals surface area contributed by atoms with Crippen molar-refractivity contribution in [1.29, 1.82) is 0 Å². The van der Waals surface area contributed by atoms with Crippen LogP contribution in [0, 0.1) is 6.92 Å². The normalized spacial score (nSPS) is 10.0. The molecule has 0 aliphatic heterocycles. The van der Waals surface area contributed by atoms with Gasteiger partial charge in [0, 0.05) is 26.0 Å². The van der Waals surface area contributed by atoms with E-state index in [0.717, 1.165) is 11.3 Å². The van der Waals surface area contributed by atoms with E-state index < -0.39 is 0 Å². The molecule has 0 aromatic carbocycles. The Morgan fingerprint density at radius 3 is 2.67 bits per heavy atom. The average molecular weight is 185 g/mol. The minimum Gasteiger partial charge on any atom is -0.377 e. The fourth-order valence-electron chi connectivity index (χ4n) is 1.19. The summed E-state index contributed by atoms with van der Waals surface area (Å²) in [4.78, 5) is 6.24. The first-order valence-electron chi connectivity index (χ1n) is 3.84. The molecule has 0 aliphatic rings. The van der Waals surface area contributed by atoms with Gasteiger partial charge in [-0.3, -0.25) is 4.98 Å². The van der Waals surface area contributed by atoms with Gasteiger partial charge in [0.15, 0.2) is 0 Å². The summed E-state index contributed by atoms with van der Waals surface area (Å²) in [5.41, 5.74) is 3.31. The minimum absolute atomic E-state index is 0.480. The molecule has 1 rings (SSSR count). The van der Waals surface area contributed by atoms with Crippen molar-refractivity contribution in [2.24, 2.45) is 0 Å². The first kappa shape index (κ1) is 9.33. The summed E-state index contributed by atoms with van der Waals surface area (Å²) in [7, 11) is 4.03. The van der Waals surface area contributed by atoms with Crippen LogP contribution in [0.4, 0.5) is 5.69 Å². The molecular formula is C9H13ClN2. The molecule has 0 N–H and O–H groups in total. The molecule has 1 aromatic heterocycles. The fraction of sp³-hybridized carbons (Fsp3) is 0.444. The second kappa shape index (κ2) is 3.76. The van der Waals surface area contributed by atoms with Crippen LogP contribution in [0.25, 0.3) is 0 Å². The van der Waals surface area contributed by atoms with E-state index in [-0.39, 0.29) is 0 Å². The van der Waals surface area contributed by atoms with Crippen molar-refractivity contribution >= 4 is 17.3 Å². The predicted octanol–water partition coefficient (Wildman–Crippen LogP) is 2.19. The first-order valence-corrected chi connectivity index (χ1v) is 4.38. The maximum Gasteiger partial charge on any atom is 0.0650 e. The second-order valence-corrected chi connectivity index (χ2v) is 3.20. The van der Waals surface area contributed by atoms with Gasteiger partial charge in [0.1, 0.15) is 0 Å². The van der Waals surface area contributed by atoms with Crippen LogP contribution >= 0.6 is 11.6 Å². The quantitative estimate of drug-likeness (QED) is 0.656. The van der Waals surface area contributed by atoms with Crippen molar-refractivity contribution in [1.82, 2.24) is 4.98 Å². The smallest absolute Gasteiger partial charge is 0.0650 e. The highest BCUT2D eigenvalue weighted by atomic mass is 35.5. The Balaban J connectivity index is 3.14. The summed E-state index contributed by atoms with van der Waals surface area (Å²) in [6.45, 7) is 2.04. The van der Waals surface area contributed by atoms with Gasteiger partial charge in [-0.2, -0.15) is 0 Å². The summed E-state index contributed by atoms with van der Waals surface area (Å²) in [5, 5.41) is 0. The zero-order valence-electron chi connectivity index (χ0n) is 7.63. The Morgan fingerprint density at radius 2 is 2.17 bits per heavy atom. The second-order valence-electron chi connectivity index (χ2n) is 2.93. The monoisotopic (exact) mass is 184 g/mol. The van der Waals surface area contributed by atoms with Crippen LogP contribution in [0.5, 0.6) is 0 Å². The molecule has 2 nitrogen and oxygen atoms in total. The lowest BCUT2D eigenvalue weighted by Gasteiger charge is -2.16. The van der Waals surface area contributed by atoms with Crippen LogP contribution in [0.1, 0.15) is 11.3 Å². The number of hydrogen-bond donors (Lipinski definition) is 0. The lowest BCUT2D eigenvalue weighted by molar-refractivity contribution is 1.06. The van der Waals surface area contributed by atoms with Gasteiger partial charge in [0.25, 0.3) is 0 Å². The van der Waals surface area contributed by atoms with Crippen molar-refractivity contribution in [3.8, 4) is 0 Å². The molecule has 0 radical (unpaired) electrons. The summed E-state index contributed by atoms with van der Waals surface area (Å²) in [5.74, 6) is 0.480.